The molecule has 2 aromatic rings. The third-order valence-corrected chi connectivity index (χ3v) is 4.43. The Hall–Kier alpha value is -1.39. The largest absolute Gasteiger partial charge is 0.381 e. The fourth-order valence-corrected chi connectivity index (χ4v) is 3.13. The van der Waals surface area contributed by atoms with Crippen molar-refractivity contribution in [2.45, 2.75) is 25.8 Å². The first-order chi connectivity index (χ1) is 9.31. The molecule has 1 aliphatic rings. The molecule has 100 valence electrons. The summed E-state index contributed by atoms with van der Waals surface area (Å²) in [7, 11) is 0. The number of benzene rings is 1. The number of nitrogens with one attached hydrogen (secondary N) is 1. The van der Waals surface area contributed by atoms with Gasteiger partial charge in [0.25, 0.3) is 0 Å². The predicted octanol–water partition coefficient (Wildman–Crippen LogP) is 3.57. The van der Waals surface area contributed by atoms with Gasteiger partial charge >= 0.3 is 0 Å². The van der Waals surface area contributed by atoms with Crippen LogP contribution in [0.2, 0.25) is 0 Å². The minimum Gasteiger partial charge on any atom is -0.381 e. The van der Waals surface area contributed by atoms with Gasteiger partial charge in [-0.1, -0.05) is 17.7 Å². The average molecular weight is 274 g/mol. The van der Waals surface area contributed by atoms with Crippen LogP contribution >= 0.6 is 11.3 Å². The van der Waals surface area contributed by atoms with E-state index in [9.17, 15) is 0 Å². The molecule has 0 saturated carbocycles. The summed E-state index contributed by atoms with van der Waals surface area (Å²) in [6, 6.07) is 8.44. The van der Waals surface area contributed by atoms with E-state index < -0.39 is 0 Å². The molecule has 1 aromatic carbocycles. The molecule has 1 saturated heterocycles. The molecule has 3 rings (SSSR count). The van der Waals surface area contributed by atoms with E-state index in [1.165, 1.54) is 10.6 Å². The van der Waals surface area contributed by atoms with Crippen LogP contribution in [-0.4, -0.2) is 18.2 Å². The second-order valence-corrected chi connectivity index (χ2v) is 5.85. The highest BCUT2D eigenvalue weighted by Crippen LogP contribution is 2.27. The summed E-state index contributed by atoms with van der Waals surface area (Å²) in [5.41, 5.74) is 3.54. The highest BCUT2D eigenvalue weighted by molar-refractivity contribution is 7.09. The van der Waals surface area contributed by atoms with Crippen LogP contribution in [0, 0.1) is 6.92 Å². The number of hydrogen-bond donors (Lipinski definition) is 1. The van der Waals surface area contributed by atoms with E-state index in [0.717, 1.165) is 37.6 Å². The maximum Gasteiger partial charge on any atom is 0.0984 e. The first-order valence-corrected chi connectivity index (χ1v) is 7.52. The van der Waals surface area contributed by atoms with Crippen molar-refractivity contribution in [3.05, 3.63) is 45.9 Å². The average Bonchev–Trinajstić information content (AvgIpc) is 3.09. The molecule has 1 aromatic heterocycles. The van der Waals surface area contributed by atoms with Gasteiger partial charge in [0, 0.05) is 23.6 Å². The zero-order valence-electron chi connectivity index (χ0n) is 11.1. The van der Waals surface area contributed by atoms with Crippen molar-refractivity contribution in [2.75, 3.05) is 18.5 Å². The van der Waals surface area contributed by atoms with Gasteiger partial charge in [-0.15, -0.1) is 11.3 Å². The maximum atomic E-state index is 5.41. The molecular weight excluding hydrogens is 256 g/mol. The van der Waals surface area contributed by atoms with Crippen LogP contribution in [0.25, 0.3) is 0 Å². The van der Waals surface area contributed by atoms with E-state index in [-0.39, 0.29) is 0 Å². The number of rotatable bonds is 4. The minimum absolute atomic E-state index is 0.512. The van der Waals surface area contributed by atoms with E-state index in [2.05, 4.69) is 41.9 Å². The van der Waals surface area contributed by atoms with Gasteiger partial charge in [-0.2, -0.15) is 0 Å². The number of ether oxygens (including phenoxy) is 1. The molecule has 1 unspecified atom stereocenters. The van der Waals surface area contributed by atoms with Crippen molar-refractivity contribution >= 4 is 17.0 Å². The lowest BCUT2D eigenvalue weighted by Gasteiger charge is -2.05. The van der Waals surface area contributed by atoms with Crippen molar-refractivity contribution in [2.24, 2.45) is 0 Å². The third-order valence-electron chi connectivity index (χ3n) is 3.37. The number of nitrogens with zero attached hydrogens (tertiary/aromatic N) is 1. The molecule has 4 heteroatoms. The smallest absolute Gasteiger partial charge is 0.0984 e. The van der Waals surface area contributed by atoms with Crippen LogP contribution in [0.15, 0.2) is 29.6 Å². The topological polar surface area (TPSA) is 34.1 Å². The quantitative estimate of drug-likeness (QED) is 0.925. The molecule has 0 radical (unpaired) electrons. The Bertz CT molecular complexity index is 529. The highest BCUT2D eigenvalue weighted by atomic mass is 32.1. The summed E-state index contributed by atoms with van der Waals surface area (Å²) in [6.45, 7) is 4.59. The van der Waals surface area contributed by atoms with Crippen molar-refractivity contribution in [3.8, 4) is 0 Å². The van der Waals surface area contributed by atoms with E-state index in [1.807, 2.05) is 0 Å². The number of aryl methyl sites for hydroxylation is 1. The van der Waals surface area contributed by atoms with Crippen molar-refractivity contribution in [1.29, 1.82) is 0 Å². The van der Waals surface area contributed by atoms with Gasteiger partial charge in [0.15, 0.2) is 0 Å². The number of anilines is 1. The third kappa shape index (κ3) is 3.14. The number of thiazole rings is 1. The molecule has 0 aliphatic carbocycles. The molecule has 0 spiro atoms. The predicted molar refractivity (Wildman–Crippen MR) is 78.8 cm³/mol. The lowest BCUT2D eigenvalue weighted by atomic mass is 10.1. The molecule has 1 aliphatic heterocycles. The SMILES string of the molecule is Cc1ccc(NCc2csc(C3CCOC3)n2)cc1. The monoisotopic (exact) mass is 274 g/mol. The summed E-state index contributed by atoms with van der Waals surface area (Å²) in [5, 5.41) is 6.77. The molecule has 19 heavy (non-hydrogen) atoms. The Morgan fingerprint density at radius 3 is 2.95 bits per heavy atom. The van der Waals surface area contributed by atoms with Crippen LogP contribution in [-0.2, 0) is 11.3 Å². The summed E-state index contributed by atoms with van der Waals surface area (Å²) >= 11 is 1.75. The van der Waals surface area contributed by atoms with Crippen molar-refractivity contribution in [1.82, 2.24) is 4.98 Å². The molecule has 1 atom stereocenters. The highest BCUT2D eigenvalue weighted by Gasteiger charge is 2.20. The number of aromatic nitrogens is 1. The molecule has 0 amide bonds. The van der Waals surface area contributed by atoms with Crippen LogP contribution in [0.1, 0.15) is 28.6 Å². The van der Waals surface area contributed by atoms with Crippen LogP contribution in [0.4, 0.5) is 5.69 Å². The lowest BCUT2D eigenvalue weighted by Crippen LogP contribution is -2.01. The fraction of sp³-hybridized carbons (Fsp3) is 0.400. The second-order valence-electron chi connectivity index (χ2n) is 4.96. The summed E-state index contributed by atoms with van der Waals surface area (Å²) in [6.07, 6.45) is 1.11. The Balaban J connectivity index is 1.59. The van der Waals surface area contributed by atoms with Gasteiger partial charge in [-0.25, -0.2) is 4.98 Å². The minimum atomic E-state index is 0.512. The zero-order chi connectivity index (χ0) is 13.1. The fourth-order valence-electron chi connectivity index (χ4n) is 2.18. The molecule has 2 heterocycles. The van der Waals surface area contributed by atoms with Gasteiger partial charge in [0.05, 0.1) is 23.9 Å². The first-order valence-electron chi connectivity index (χ1n) is 6.64. The molecule has 0 bridgehead atoms. The Labute approximate surface area is 117 Å². The van der Waals surface area contributed by atoms with E-state index in [0.29, 0.717) is 5.92 Å². The van der Waals surface area contributed by atoms with Gasteiger partial charge in [0.1, 0.15) is 0 Å². The standard InChI is InChI=1S/C15H18N2OS/c1-11-2-4-13(5-3-11)16-8-14-10-19-15(17-14)12-6-7-18-9-12/h2-5,10,12,16H,6-9H2,1H3. The lowest BCUT2D eigenvalue weighted by molar-refractivity contribution is 0.194. The zero-order valence-corrected chi connectivity index (χ0v) is 11.9. The van der Waals surface area contributed by atoms with E-state index in [4.69, 9.17) is 9.72 Å². The van der Waals surface area contributed by atoms with Gasteiger partial charge < -0.3 is 10.1 Å². The second kappa shape index (κ2) is 5.72. The van der Waals surface area contributed by atoms with Crippen molar-refractivity contribution in [3.63, 3.8) is 0 Å². The molecule has 3 nitrogen and oxygen atoms in total. The molecule has 1 N–H and O–H groups in total. The number of hydrogen-bond acceptors (Lipinski definition) is 4. The Kier molecular flexibility index (Phi) is 3.80. The summed E-state index contributed by atoms with van der Waals surface area (Å²) in [4.78, 5) is 4.70. The van der Waals surface area contributed by atoms with Crippen LogP contribution in [0.3, 0.4) is 0 Å². The van der Waals surface area contributed by atoms with Gasteiger partial charge in [0.2, 0.25) is 0 Å². The van der Waals surface area contributed by atoms with Crippen LogP contribution in [0.5, 0.6) is 0 Å². The van der Waals surface area contributed by atoms with Crippen LogP contribution < -0.4 is 5.32 Å². The van der Waals surface area contributed by atoms with Gasteiger partial charge in [-0.3, -0.25) is 0 Å². The Morgan fingerprint density at radius 1 is 1.37 bits per heavy atom. The molecular formula is C15H18N2OS. The van der Waals surface area contributed by atoms with E-state index in [1.54, 1.807) is 11.3 Å². The summed E-state index contributed by atoms with van der Waals surface area (Å²) < 4.78 is 5.41. The molecule has 1 fully saturated rings. The van der Waals surface area contributed by atoms with Crippen molar-refractivity contribution < 1.29 is 4.74 Å². The van der Waals surface area contributed by atoms with E-state index >= 15 is 0 Å². The Morgan fingerprint density at radius 2 is 2.21 bits per heavy atom. The normalized spacial score (nSPS) is 18.7. The first kappa shape index (κ1) is 12.6. The van der Waals surface area contributed by atoms with Gasteiger partial charge in [-0.05, 0) is 25.5 Å². The maximum absolute atomic E-state index is 5.41. The summed E-state index contributed by atoms with van der Waals surface area (Å²) in [5.74, 6) is 0.512.